The van der Waals surface area contributed by atoms with E-state index in [-0.39, 0.29) is 0 Å². The summed E-state index contributed by atoms with van der Waals surface area (Å²) in [5, 5.41) is 8.52. The smallest absolute Gasteiger partial charge is 0.168 e. The Morgan fingerprint density at radius 1 is 1.06 bits per heavy atom. The molecule has 0 aliphatic carbocycles. The van der Waals surface area contributed by atoms with Crippen LogP contribution in [0.4, 0.5) is 0 Å². The molecule has 18 heavy (non-hydrogen) atoms. The summed E-state index contributed by atoms with van der Waals surface area (Å²) in [7, 11) is 0. The van der Waals surface area contributed by atoms with E-state index in [1.165, 1.54) is 5.56 Å². The van der Waals surface area contributed by atoms with Gasteiger partial charge in [-0.1, -0.05) is 23.8 Å². The highest BCUT2D eigenvalue weighted by molar-refractivity contribution is 9.10. The number of benzene rings is 1. The van der Waals surface area contributed by atoms with Gasteiger partial charge in [0.1, 0.15) is 0 Å². The number of hydrogen-bond donors (Lipinski definition) is 0. The molecule has 1 aromatic carbocycles. The molecule has 4 heteroatoms. The maximum atomic E-state index is 4.30. The Balaban J connectivity index is 2.33. The summed E-state index contributed by atoms with van der Waals surface area (Å²) in [6.07, 6.45) is 0. The van der Waals surface area contributed by atoms with E-state index in [1.807, 2.05) is 18.2 Å². The molecular weight excluding hydrogens is 290 g/mol. The molecule has 2 heterocycles. The van der Waals surface area contributed by atoms with Crippen molar-refractivity contribution in [1.29, 1.82) is 0 Å². The minimum absolute atomic E-state index is 0.868. The second kappa shape index (κ2) is 4.21. The SMILES string of the molecule is Cc1cccc(-c2nnc3ccc(Br)c(C)n23)c1. The predicted molar refractivity (Wildman–Crippen MR) is 75.6 cm³/mol. The molecule has 0 fully saturated rings. The summed E-state index contributed by atoms with van der Waals surface area (Å²) in [4.78, 5) is 0. The fourth-order valence-electron chi connectivity index (χ4n) is 2.08. The third kappa shape index (κ3) is 1.73. The molecule has 90 valence electrons. The van der Waals surface area contributed by atoms with E-state index in [2.05, 4.69) is 62.6 Å². The van der Waals surface area contributed by atoms with Crippen molar-refractivity contribution in [2.24, 2.45) is 0 Å². The van der Waals surface area contributed by atoms with E-state index >= 15 is 0 Å². The van der Waals surface area contributed by atoms with E-state index in [1.54, 1.807) is 0 Å². The van der Waals surface area contributed by atoms with Crippen LogP contribution < -0.4 is 0 Å². The molecule has 0 aliphatic heterocycles. The predicted octanol–water partition coefficient (Wildman–Crippen LogP) is 3.78. The molecule has 0 aliphatic rings. The van der Waals surface area contributed by atoms with E-state index in [0.29, 0.717) is 0 Å². The molecule has 0 spiro atoms. The summed E-state index contributed by atoms with van der Waals surface area (Å²) in [6, 6.07) is 12.3. The Kier molecular flexibility index (Phi) is 2.67. The highest BCUT2D eigenvalue weighted by atomic mass is 79.9. The van der Waals surface area contributed by atoms with E-state index in [9.17, 15) is 0 Å². The van der Waals surface area contributed by atoms with Gasteiger partial charge >= 0.3 is 0 Å². The monoisotopic (exact) mass is 301 g/mol. The fraction of sp³-hybridized carbons (Fsp3) is 0.143. The maximum absolute atomic E-state index is 4.30. The summed E-state index contributed by atoms with van der Waals surface area (Å²) in [5.74, 6) is 0.882. The first kappa shape index (κ1) is 11.4. The minimum atomic E-state index is 0.868. The number of halogens is 1. The summed E-state index contributed by atoms with van der Waals surface area (Å²) in [5.41, 5.74) is 4.28. The van der Waals surface area contributed by atoms with Crippen LogP contribution in [-0.4, -0.2) is 14.6 Å². The quantitative estimate of drug-likeness (QED) is 0.685. The van der Waals surface area contributed by atoms with Gasteiger partial charge in [-0.2, -0.15) is 0 Å². The van der Waals surface area contributed by atoms with E-state index < -0.39 is 0 Å². The van der Waals surface area contributed by atoms with Crippen molar-refractivity contribution in [3.63, 3.8) is 0 Å². The number of rotatable bonds is 1. The summed E-state index contributed by atoms with van der Waals surface area (Å²) < 4.78 is 3.13. The Morgan fingerprint density at radius 3 is 2.67 bits per heavy atom. The number of hydrogen-bond acceptors (Lipinski definition) is 2. The molecule has 0 unspecified atom stereocenters. The normalized spacial score (nSPS) is 11.1. The van der Waals surface area contributed by atoms with Crippen LogP contribution in [0.1, 0.15) is 11.3 Å². The zero-order valence-electron chi connectivity index (χ0n) is 10.2. The largest absolute Gasteiger partial charge is 0.279 e. The zero-order chi connectivity index (χ0) is 12.7. The van der Waals surface area contributed by atoms with Crippen LogP contribution >= 0.6 is 15.9 Å². The topological polar surface area (TPSA) is 30.2 Å². The van der Waals surface area contributed by atoms with Gasteiger partial charge < -0.3 is 0 Å². The number of nitrogens with zero attached hydrogens (tertiary/aromatic N) is 3. The Hall–Kier alpha value is -1.68. The second-order valence-electron chi connectivity index (χ2n) is 4.35. The highest BCUT2D eigenvalue weighted by Crippen LogP contribution is 2.24. The molecule has 0 radical (unpaired) electrons. The summed E-state index contributed by atoms with van der Waals surface area (Å²) in [6.45, 7) is 4.13. The van der Waals surface area contributed by atoms with Crippen molar-refractivity contribution in [3.05, 3.63) is 52.1 Å². The average molecular weight is 302 g/mol. The van der Waals surface area contributed by atoms with Gasteiger partial charge in [0.2, 0.25) is 0 Å². The lowest BCUT2D eigenvalue weighted by molar-refractivity contribution is 1.07. The molecule has 3 nitrogen and oxygen atoms in total. The molecule has 2 aromatic heterocycles. The third-order valence-electron chi connectivity index (χ3n) is 3.02. The lowest BCUT2D eigenvalue weighted by atomic mass is 10.1. The third-order valence-corrected chi connectivity index (χ3v) is 3.86. The first-order chi connectivity index (χ1) is 8.66. The Labute approximate surface area is 114 Å². The van der Waals surface area contributed by atoms with Crippen LogP contribution in [0.15, 0.2) is 40.9 Å². The fourth-order valence-corrected chi connectivity index (χ4v) is 2.39. The van der Waals surface area contributed by atoms with Crippen molar-refractivity contribution in [2.45, 2.75) is 13.8 Å². The van der Waals surface area contributed by atoms with Gasteiger partial charge in [-0.3, -0.25) is 4.40 Å². The Bertz CT molecular complexity index is 731. The Morgan fingerprint density at radius 2 is 1.89 bits per heavy atom. The standard InChI is InChI=1S/C14H12BrN3/c1-9-4-3-5-11(8-9)14-17-16-13-7-6-12(15)10(2)18(13)14/h3-8H,1-2H3. The van der Waals surface area contributed by atoms with Gasteiger partial charge in [-0.15, -0.1) is 10.2 Å². The van der Waals surface area contributed by atoms with Crippen LogP contribution in [0.3, 0.4) is 0 Å². The van der Waals surface area contributed by atoms with Gasteiger partial charge in [0.05, 0.1) is 0 Å². The lowest BCUT2D eigenvalue weighted by Gasteiger charge is -2.06. The van der Waals surface area contributed by atoms with Crippen molar-refractivity contribution >= 4 is 21.6 Å². The number of aryl methyl sites for hydroxylation is 2. The van der Waals surface area contributed by atoms with Gasteiger partial charge in [-0.25, -0.2) is 0 Å². The van der Waals surface area contributed by atoms with Gasteiger partial charge in [0, 0.05) is 15.7 Å². The van der Waals surface area contributed by atoms with Crippen molar-refractivity contribution in [3.8, 4) is 11.4 Å². The van der Waals surface area contributed by atoms with Crippen LogP contribution in [0.5, 0.6) is 0 Å². The molecular formula is C14H12BrN3. The number of aromatic nitrogens is 3. The molecule has 3 rings (SSSR count). The maximum Gasteiger partial charge on any atom is 0.168 e. The van der Waals surface area contributed by atoms with Crippen LogP contribution in [0.25, 0.3) is 17.0 Å². The molecule has 0 atom stereocenters. The molecule has 0 N–H and O–H groups in total. The van der Waals surface area contributed by atoms with E-state index in [4.69, 9.17) is 0 Å². The van der Waals surface area contributed by atoms with Gasteiger partial charge in [0.15, 0.2) is 11.5 Å². The molecule has 0 amide bonds. The van der Waals surface area contributed by atoms with Crippen molar-refractivity contribution in [1.82, 2.24) is 14.6 Å². The summed E-state index contributed by atoms with van der Waals surface area (Å²) >= 11 is 3.55. The van der Waals surface area contributed by atoms with Crippen LogP contribution in [0, 0.1) is 13.8 Å². The number of pyridine rings is 1. The zero-order valence-corrected chi connectivity index (χ0v) is 11.8. The minimum Gasteiger partial charge on any atom is -0.279 e. The number of fused-ring (bicyclic) bond motifs is 1. The van der Waals surface area contributed by atoms with E-state index in [0.717, 1.165) is 27.2 Å². The first-order valence-corrected chi connectivity index (χ1v) is 6.53. The average Bonchev–Trinajstić information content (AvgIpc) is 2.78. The van der Waals surface area contributed by atoms with Crippen LogP contribution in [0.2, 0.25) is 0 Å². The highest BCUT2D eigenvalue weighted by Gasteiger charge is 2.11. The molecule has 0 bridgehead atoms. The lowest BCUT2D eigenvalue weighted by Crippen LogP contribution is -1.95. The van der Waals surface area contributed by atoms with Gasteiger partial charge in [-0.05, 0) is 48.0 Å². The second-order valence-corrected chi connectivity index (χ2v) is 5.21. The first-order valence-electron chi connectivity index (χ1n) is 5.74. The van der Waals surface area contributed by atoms with Gasteiger partial charge in [0.25, 0.3) is 0 Å². The van der Waals surface area contributed by atoms with Crippen molar-refractivity contribution in [2.75, 3.05) is 0 Å². The molecule has 0 saturated heterocycles. The van der Waals surface area contributed by atoms with Crippen LogP contribution in [-0.2, 0) is 0 Å². The van der Waals surface area contributed by atoms with Crippen molar-refractivity contribution < 1.29 is 0 Å². The molecule has 0 saturated carbocycles. The molecule has 3 aromatic rings.